The first-order chi connectivity index (χ1) is 5.92. The zero-order chi connectivity index (χ0) is 8.39. The minimum Gasteiger partial charge on any atom is -0.103 e. The molecule has 0 aromatic rings. The summed E-state index contributed by atoms with van der Waals surface area (Å²) in [5, 5.41) is 0. The predicted octanol–water partition coefficient (Wildman–Crippen LogP) is 3.62. The highest BCUT2D eigenvalue weighted by molar-refractivity contribution is 5.35. The van der Waals surface area contributed by atoms with Crippen LogP contribution in [-0.4, -0.2) is 0 Å². The van der Waals surface area contributed by atoms with Crippen LogP contribution in [0.1, 0.15) is 32.1 Å². The molecular weight excluding hydrogens is 144 g/mol. The summed E-state index contributed by atoms with van der Waals surface area (Å²) in [4.78, 5) is 0. The van der Waals surface area contributed by atoms with Crippen LogP contribution in [0.25, 0.3) is 0 Å². The van der Waals surface area contributed by atoms with E-state index in [4.69, 9.17) is 0 Å². The summed E-state index contributed by atoms with van der Waals surface area (Å²) >= 11 is 0. The molecule has 0 fully saturated rings. The Bertz CT molecular complexity index is 243. The van der Waals surface area contributed by atoms with Crippen molar-refractivity contribution in [2.45, 2.75) is 32.1 Å². The van der Waals surface area contributed by atoms with E-state index < -0.39 is 0 Å². The van der Waals surface area contributed by atoms with Crippen LogP contribution in [0.15, 0.2) is 36.0 Å². The largest absolute Gasteiger partial charge is 0.103 e. The van der Waals surface area contributed by atoms with Gasteiger partial charge in [0.25, 0.3) is 0 Å². The van der Waals surface area contributed by atoms with E-state index in [-0.39, 0.29) is 0 Å². The summed E-state index contributed by atoms with van der Waals surface area (Å²) in [7, 11) is 0. The van der Waals surface area contributed by atoms with Crippen LogP contribution >= 0.6 is 0 Å². The lowest BCUT2D eigenvalue weighted by Gasteiger charge is -2.12. The van der Waals surface area contributed by atoms with E-state index in [2.05, 4.69) is 24.8 Å². The molecule has 0 nitrogen and oxygen atoms in total. The summed E-state index contributed by atoms with van der Waals surface area (Å²) in [6.45, 7) is 3.82. The van der Waals surface area contributed by atoms with Crippen LogP contribution in [0.4, 0.5) is 0 Å². The maximum Gasteiger partial charge on any atom is -0.0125 e. The molecule has 0 spiro atoms. The number of allylic oxidation sites excluding steroid dienone is 5. The van der Waals surface area contributed by atoms with Crippen LogP contribution in [0.2, 0.25) is 0 Å². The maximum atomic E-state index is 3.82. The Morgan fingerprint density at radius 2 is 2.42 bits per heavy atom. The van der Waals surface area contributed by atoms with Crippen molar-refractivity contribution in [2.24, 2.45) is 5.92 Å². The summed E-state index contributed by atoms with van der Waals surface area (Å²) in [6, 6.07) is 0. The molecule has 0 aromatic carbocycles. The Balaban J connectivity index is 2.16. The molecular formula is C12H16. The molecule has 0 amide bonds. The van der Waals surface area contributed by atoms with Crippen LogP contribution in [0.5, 0.6) is 0 Å². The molecule has 0 aliphatic heterocycles. The van der Waals surface area contributed by atoms with Crippen LogP contribution < -0.4 is 0 Å². The molecule has 0 saturated carbocycles. The lowest BCUT2D eigenvalue weighted by atomic mass is 9.93. The summed E-state index contributed by atoms with van der Waals surface area (Å²) in [5.74, 6) is 0.800. The van der Waals surface area contributed by atoms with Gasteiger partial charge in [-0.15, -0.1) is 6.58 Å². The summed E-state index contributed by atoms with van der Waals surface area (Å²) in [6.07, 6.45) is 13.2. The van der Waals surface area contributed by atoms with E-state index in [1.54, 1.807) is 11.1 Å². The van der Waals surface area contributed by atoms with Gasteiger partial charge >= 0.3 is 0 Å². The minimum absolute atomic E-state index is 0.800. The average molecular weight is 160 g/mol. The van der Waals surface area contributed by atoms with Crippen molar-refractivity contribution in [3.05, 3.63) is 36.0 Å². The van der Waals surface area contributed by atoms with Crippen molar-refractivity contribution in [3.63, 3.8) is 0 Å². The van der Waals surface area contributed by atoms with E-state index in [0.29, 0.717) is 0 Å². The van der Waals surface area contributed by atoms with Gasteiger partial charge in [-0.05, 0) is 43.6 Å². The lowest BCUT2D eigenvalue weighted by molar-refractivity contribution is 0.624. The number of hydrogen-bond donors (Lipinski definition) is 0. The maximum absolute atomic E-state index is 3.82. The topological polar surface area (TPSA) is 0 Å². The summed E-state index contributed by atoms with van der Waals surface area (Å²) in [5.41, 5.74) is 3.37. The van der Waals surface area contributed by atoms with Crippen molar-refractivity contribution in [3.8, 4) is 0 Å². The molecule has 0 heteroatoms. The molecule has 2 aliphatic carbocycles. The van der Waals surface area contributed by atoms with Crippen LogP contribution in [0.3, 0.4) is 0 Å². The summed E-state index contributed by atoms with van der Waals surface area (Å²) < 4.78 is 0. The molecule has 0 heterocycles. The van der Waals surface area contributed by atoms with E-state index in [0.717, 1.165) is 5.92 Å². The van der Waals surface area contributed by atoms with Gasteiger partial charge in [-0.2, -0.15) is 0 Å². The smallest absolute Gasteiger partial charge is 0.0125 e. The third kappa shape index (κ3) is 1.26. The molecule has 0 aromatic heterocycles. The molecule has 0 radical (unpaired) electrons. The number of hydrogen-bond acceptors (Lipinski definition) is 0. The quantitative estimate of drug-likeness (QED) is 0.541. The van der Waals surface area contributed by atoms with Crippen molar-refractivity contribution in [2.75, 3.05) is 0 Å². The standard InChI is InChI=1S/C12H16/c1-2-5-10-8-9-11-6-3-4-7-12(10)11/h2,4,7,10H,1,3,5-6,8-9H2. The van der Waals surface area contributed by atoms with Crippen molar-refractivity contribution in [1.82, 2.24) is 0 Å². The molecule has 12 heavy (non-hydrogen) atoms. The van der Waals surface area contributed by atoms with Gasteiger partial charge in [-0.25, -0.2) is 0 Å². The zero-order valence-electron chi connectivity index (χ0n) is 7.55. The van der Waals surface area contributed by atoms with Gasteiger partial charge < -0.3 is 0 Å². The van der Waals surface area contributed by atoms with Crippen molar-refractivity contribution >= 4 is 0 Å². The Morgan fingerprint density at radius 1 is 1.50 bits per heavy atom. The molecule has 1 unspecified atom stereocenters. The third-order valence-corrected chi connectivity index (χ3v) is 3.00. The van der Waals surface area contributed by atoms with Crippen molar-refractivity contribution in [1.29, 1.82) is 0 Å². The Kier molecular flexibility index (Phi) is 2.16. The van der Waals surface area contributed by atoms with Crippen molar-refractivity contribution < 1.29 is 0 Å². The fourth-order valence-corrected chi connectivity index (χ4v) is 2.37. The lowest BCUT2D eigenvalue weighted by Crippen LogP contribution is -1.97. The zero-order valence-corrected chi connectivity index (χ0v) is 7.55. The Labute approximate surface area is 74.7 Å². The van der Waals surface area contributed by atoms with Gasteiger partial charge in [0, 0.05) is 0 Å². The second-order valence-corrected chi connectivity index (χ2v) is 3.76. The fraction of sp³-hybridized carbons (Fsp3) is 0.500. The van der Waals surface area contributed by atoms with Gasteiger partial charge in [-0.1, -0.05) is 23.8 Å². The molecule has 64 valence electrons. The minimum atomic E-state index is 0.800. The molecule has 2 rings (SSSR count). The average Bonchev–Trinajstić information content (AvgIpc) is 2.50. The van der Waals surface area contributed by atoms with Gasteiger partial charge in [0.2, 0.25) is 0 Å². The third-order valence-electron chi connectivity index (χ3n) is 3.00. The SMILES string of the molecule is C=CCC1CCC2=C1C=CCC2. The monoisotopic (exact) mass is 160 g/mol. The van der Waals surface area contributed by atoms with Gasteiger partial charge in [-0.3, -0.25) is 0 Å². The Morgan fingerprint density at radius 3 is 3.25 bits per heavy atom. The highest BCUT2D eigenvalue weighted by atomic mass is 14.3. The van der Waals surface area contributed by atoms with Crippen LogP contribution in [0, 0.1) is 5.92 Å². The normalized spacial score (nSPS) is 27.5. The second kappa shape index (κ2) is 3.30. The van der Waals surface area contributed by atoms with Gasteiger partial charge in [0.15, 0.2) is 0 Å². The predicted molar refractivity (Wildman–Crippen MR) is 52.9 cm³/mol. The molecule has 2 aliphatic rings. The van der Waals surface area contributed by atoms with Gasteiger partial charge in [0.05, 0.1) is 0 Å². The van der Waals surface area contributed by atoms with Crippen LogP contribution in [-0.2, 0) is 0 Å². The molecule has 0 bridgehead atoms. The fourth-order valence-electron chi connectivity index (χ4n) is 2.37. The molecule has 1 atom stereocenters. The highest BCUT2D eigenvalue weighted by Crippen LogP contribution is 2.39. The van der Waals surface area contributed by atoms with Gasteiger partial charge in [0.1, 0.15) is 0 Å². The van der Waals surface area contributed by atoms with E-state index in [9.17, 15) is 0 Å². The molecule has 0 N–H and O–H groups in total. The van der Waals surface area contributed by atoms with E-state index >= 15 is 0 Å². The second-order valence-electron chi connectivity index (χ2n) is 3.76. The Hall–Kier alpha value is -0.780. The number of rotatable bonds is 2. The first-order valence-electron chi connectivity index (χ1n) is 4.91. The highest BCUT2D eigenvalue weighted by Gasteiger charge is 2.23. The molecule has 0 saturated heterocycles. The van der Waals surface area contributed by atoms with E-state index in [1.807, 2.05) is 0 Å². The van der Waals surface area contributed by atoms with E-state index in [1.165, 1.54) is 32.1 Å². The first-order valence-corrected chi connectivity index (χ1v) is 4.91. The first kappa shape index (κ1) is 7.85.